The van der Waals surface area contributed by atoms with Crippen LogP contribution in [0.2, 0.25) is 0 Å². The highest BCUT2D eigenvalue weighted by Crippen LogP contribution is 2.24. The van der Waals surface area contributed by atoms with Gasteiger partial charge in [-0.25, -0.2) is 4.98 Å². The van der Waals surface area contributed by atoms with Gasteiger partial charge >= 0.3 is 0 Å². The predicted molar refractivity (Wildman–Crippen MR) is 97.9 cm³/mol. The number of hydrogen-bond donors (Lipinski definition) is 0. The molecule has 1 aromatic carbocycles. The molecule has 0 amide bonds. The lowest BCUT2D eigenvalue weighted by Gasteiger charge is -2.18. The topological polar surface area (TPSA) is 42.4 Å². The van der Waals surface area contributed by atoms with E-state index in [-0.39, 0.29) is 0 Å². The molecule has 0 bridgehead atoms. The van der Waals surface area contributed by atoms with Crippen molar-refractivity contribution in [2.75, 3.05) is 0 Å². The number of thiazole rings is 1. The summed E-state index contributed by atoms with van der Waals surface area (Å²) in [6.07, 6.45) is 3.41. The van der Waals surface area contributed by atoms with Gasteiger partial charge in [0.2, 0.25) is 0 Å². The summed E-state index contributed by atoms with van der Waals surface area (Å²) in [5, 5.41) is 3.17. The van der Waals surface area contributed by atoms with E-state index in [0.29, 0.717) is 13.1 Å². The Morgan fingerprint density at radius 1 is 0.800 bits per heavy atom. The number of rotatable bonds is 7. The van der Waals surface area contributed by atoms with Crippen LogP contribution in [0, 0.1) is 0 Å². The Morgan fingerprint density at radius 3 is 2.08 bits per heavy atom. The molecule has 0 saturated carbocycles. The number of furan rings is 2. The Labute approximate surface area is 150 Å². The highest BCUT2D eigenvalue weighted by Gasteiger charge is 2.14. The van der Waals surface area contributed by atoms with Crippen molar-refractivity contribution in [1.82, 2.24) is 9.88 Å². The van der Waals surface area contributed by atoms with E-state index in [0.717, 1.165) is 34.3 Å². The van der Waals surface area contributed by atoms with E-state index in [4.69, 9.17) is 13.8 Å². The second-order valence-electron chi connectivity index (χ2n) is 5.81. The van der Waals surface area contributed by atoms with Crippen LogP contribution in [0.3, 0.4) is 0 Å². The minimum absolute atomic E-state index is 0.714. The number of aromatic nitrogens is 1. The quantitative estimate of drug-likeness (QED) is 0.459. The van der Waals surface area contributed by atoms with E-state index >= 15 is 0 Å². The Bertz CT molecular complexity index is 847. The zero-order chi connectivity index (χ0) is 16.9. The summed E-state index contributed by atoms with van der Waals surface area (Å²) in [7, 11) is 0. The summed E-state index contributed by atoms with van der Waals surface area (Å²) in [6.45, 7) is 2.17. The maximum Gasteiger partial charge on any atom is 0.123 e. The second kappa shape index (κ2) is 7.51. The third kappa shape index (κ3) is 4.07. The molecule has 0 radical (unpaired) electrons. The van der Waals surface area contributed by atoms with Gasteiger partial charge in [0.15, 0.2) is 0 Å². The molecule has 0 aliphatic rings. The molecular formula is C20H18N2O2S. The van der Waals surface area contributed by atoms with E-state index < -0.39 is 0 Å². The van der Waals surface area contributed by atoms with Crippen molar-refractivity contribution < 1.29 is 8.83 Å². The first-order chi connectivity index (χ1) is 12.4. The van der Waals surface area contributed by atoms with Crippen LogP contribution >= 0.6 is 11.3 Å². The molecule has 126 valence electrons. The van der Waals surface area contributed by atoms with Gasteiger partial charge in [-0.05, 0) is 24.3 Å². The van der Waals surface area contributed by atoms with Crippen LogP contribution in [0.15, 0.2) is 81.3 Å². The van der Waals surface area contributed by atoms with Crippen molar-refractivity contribution >= 4 is 11.3 Å². The lowest BCUT2D eigenvalue weighted by atomic mass is 10.2. The Hall–Kier alpha value is -2.63. The number of nitrogens with zero attached hydrogens (tertiary/aromatic N) is 2. The van der Waals surface area contributed by atoms with E-state index in [2.05, 4.69) is 22.4 Å². The van der Waals surface area contributed by atoms with Gasteiger partial charge in [-0.2, -0.15) is 0 Å². The van der Waals surface area contributed by atoms with Crippen molar-refractivity contribution in [3.63, 3.8) is 0 Å². The van der Waals surface area contributed by atoms with Crippen LogP contribution in [0.1, 0.15) is 17.2 Å². The molecule has 4 nitrogen and oxygen atoms in total. The van der Waals surface area contributed by atoms with Crippen LogP contribution in [0.4, 0.5) is 0 Å². The zero-order valence-electron chi connectivity index (χ0n) is 13.7. The maximum atomic E-state index is 5.51. The monoisotopic (exact) mass is 350 g/mol. The number of hydrogen-bond acceptors (Lipinski definition) is 5. The van der Waals surface area contributed by atoms with E-state index in [1.54, 1.807) is 23.9 Å². The van der Waals surface area contributed by atoms with Gasteiger partial charge in [-0.1, -0.05) is 30.3 Å². The zero-order valence-corrected chi connectivity index (χ0v) is 14.5. The molecule has 25 heavy (non-hydrogen) atoms. The van der Waals surface area contributed by atoms with Gasteiger partial charge in [0.05, 0.1) is 31.3 Å². The van der Waals surface area contributed by atoms with Gasteiger partial charge in [0.1, 0.15) is 16.5 Å². The molecule has 0 unspecified atom stereocenters. The summed E-state index contributed by atoms with van der Waals surface area (Å²) in [5.74, 6) is 1.87. The van der Waals surface area contributed by atoms with Gasteiger partial charge in [0.25, 0.3) is 0 Å². The lowest BCUT2D eigenvalue weighted by molar-refractivity contribution is 0.207. The van der Waals surface area contributed by atoms with Crippen LogP contribution in [0.5, 0.6) is 0 Å². The van der Waals surface area contributed by atoms with Crippen LogP contribution in [-0.2, 0) is 19.6 Å². The maximum absolute atomic E-state index is 5.51. The summed E-state index contributed by atoms with van der Waals surface area (Å²) >= 11 is 1.68. The molecule has 4 rings (SSSR count). The highest BCUT2D eigenvalue weighted by atomic mass is 32.1. The fraction of sp³-hybridized carbons (Fsp3) is 0.150. The molecule has 0 aliphatic carbocycles. The normalized spacial score (nSPS) is 11.2. The smallest absolute Gasteiger partial charge is 0.123 e. The second-order valence-corrected chi connectivity index (χ2v) is 6.67. The Balaban J connectivity index is 1.50. The summed E-state index contributed by atoms with van der Waals surface area (Å²) in [6, 6.07) is 18.1. The molecule has 0 atom stereocenters. The van der Waals surface area contributed by atoms with Crippen molar-refractivity contribution in [3.8, 4) is 10.6 Å². The van der Waals surface area contributed by atoms with Gasteiger partial charge in [-0.3, -0.25) is 4.90 Å². The Morgan fingerprint density at radius 2 is 1.48 bits per heavy atom. The number of benzene rings is 1. The molecule has 0 N–H and O–H groups in total. The summed E-state index contributed by atoms with van der Waals surface area (Å²) in [4.78, 5) is 7.06. The molecular weight excluding hydrogens is 332 g/mol. The fourth-order valence-electron chi connectivity index (χ4n) is 2.74. The van der Waals surface area contributed by atoms with Crippen molar-refractivity contribution in [2.45, 2.75) is 19.6 Å². The molecule has 5 heteroatoms. The van der Waals surface area contributed by atoms with Crippen molar-refractivity contribution in [1.29, 1.82) is 0 Å². The molecule has 3 heterocycles. The van der Waals surface area contributed by atoms with Gasteiger partial charge in [0, 0.05) is 17.5 Å². The fourth-order valence-corrected chi connectivity index (χ4v) is 3.55. The average molecular weight is 350 g/mol. The first-order valence-corrected chi connectivity index (χ1v) is 9.02. The minimum atomic E-state index is 0.714. The third-order valence-corrected chi connectivity index (χ3v) is 4.82. The standard InChI is InChI=1S/C20H18N2O2S/c1-2-6-16(7-3-1)20-21-17(15-25-20)12-22(13-18-8-4-10-23-18)14-19-9-5-11-24-19/h1-11,15H,12-14H2. The molecule has 3 aromatic heterocycles. The summed E-state index contributed by atoms with van der Waals surface area (Å²) in [5.41, 5.74) is 2.21. The van der Waals surface area contributed by atoms with E-state index in [1.807, 2.05) is 42.5 Å². The van der Waals surface area contributed by atoms with Gasteiger partial charge < -0.3 is 8.83 Å². The van der Waals surface area contributed by atoms with Crippen molar-refractivity contribution in [3.05, 3.63) is 89.7 Å². The SMILES string of the molecule is c1ccc(-c2nc(CN(Cc3ccco3)Cc3ccco3)cs2)cc1. The molecule has 0 aliphatic heterocycles. The van der Waals surface area contributed by atoms with E-state index in [9.17, 15) is 0 Å². The predicted octanol–water partition coefficient (Wildman–Crippen LogP) is 5.20. The van der Waals surface area contributed by atoms with Crippen LogP contribution < -0.4 is 0 Å². The first kappa shape index (κ1) is 15.9. The summed E-state index contributed by atoms with van der Waals surface area (Å²) < 4.78 is 11.0. The van der Waals surface area contributed by atoms with Crippen LogP contribution in [-0.4, -0.2) is 9.88 Å². The van der Waals surface area contributed by atoms with Gasteiger partial charge in [-0.15, -0.1) is 11.3 Å². The molecule has 0 spiro atoms. The van der Waals surface area contributed by atoms with Crippen molar-refractivity contribution in [2.24, 2.45) is 0 Å². The molecule has 0 fully saturated rings. The van der Waals surface area contributed by atoms with E-state index in [1.165, 1.54) is 0 Å². The molecule has 4 aromatic rings. The lowest BCUT2D eigenvalue weighted by Crippen LogP contribution is -2.22. The largest absolute Gasteiger partial charge is 0.468 e. The highest BCUT2D eigenvalue weighted by molar-refractivity contribution is 7.13. The third-order valence-electron chi connectivity index (χ3n) is 3.88. The first-order valence-electron chi connectivity index (χ1n) is 8.14. The Kier molecular flexibility index (Phi) is 4.77. The average Bonchev–Trinajstić information content (AvgIpc) is 3.38. The van der Waals surface area contributed by atoms with Crippen LogP contribution in [0.25, 0.3) is 10.6 Å². The minimum Gasteiger partial charge on any atom is -0.468 e. The molecule has 0 saturated heterocycles.